The van der Waals surface area contributed by atoms with E-state index in [2.05, 4.69) is 18.7 Å². The standard InChI is InChI=1S/C31H33NO5/c1-19-14-15-32(17-19)20(2)18-36-24-11-8-22(9-12-24)30-29(25-6-4-5-7-26(25)31(34)35)21(3)27-16-23(33)10-13-28(27)37-30/h4-13,16,19-20,30,33H,14-15,17-18H2,1-3H3,(H,34,35). The van der Waals surface area contributed by atoms with Crippen LogP contribution in [-0.4, -0.2) is 46.8 Å². The minimum atomic E-state index is -0.999. The molecular formula is C31H33NO5. The summed E-state index contributed by atoms with van der Waals surface area (Å²) in [6.07, 6.45) is 0.722. The number of allylic oxidation sites excluding steroid dienone is 1. The number of phenols is 1. The number of benzene rings is 3. The Balaban J connectivity index is 1.45. The molecule has 0 saturated carbocycles. The number of fused-ring (bicyclic) bond motifs is 1. The number of carboxylic acid groups (broad SMARTS) is 1. The number of carboxylic acids is 1. The molecule has 0 aromatic heterocycles. The van der Waals surface area contributed by atoms with E-state index >= 15 is 0 Å². The highest BCUT2D eigenvalue weighted by Crippen LogP contribution is 2.48. The Kier molecular flexibility index (Phi) is 6.94. The molecule has 2 aliphatic heterocycles. The van der Waals surface area contributed by atoms with Gasteiger partial charge >= 0.3 is 5.97 Å². The van der Waals surface area contributed by atoms with Gasteiger partial charge in [0.25, 0.3) is 0 Å². The molecule has 3 atom stereocenters. The van der Waals surface area contributed by atoms with E-state index in [1.165, 1.54) is 6.42 Å². The Bertz CT molecular complexity index is 1330. The van der Waals surface area contributed by atoms with Gasteiger partial charge in [-0.3, -0.25) is 4.90 Å². The van der Waals surface area contributed by atoms with Gasteiger partial charge in [-0.15, -0.1) is 0 Å². The lowest BCUT2D eigenvalue weighted by Gasteiger charge is -2.31. The molecule has 2 N–H and O–H groups in total. The first-order valence-electron chi connectivity index (χ1n) is 12.8. The zero-order chi connectivity index (χ0) is 26.1. The third-order valence-corrected chi connectivity index (χ3v) is 7.48. The van der Waals surface area contributed by atoms with Gasteiger partial charge in [0, 0.05) is 23.7 Å². The van der Waals surface area contributed by atoms with Crippen molar-refractivity contribution in [3.05, 3.63) is 89.0 Å². The lowest BCUT2D eigenvalue weighted by Crippen LogP contribution is -2.35. The van der Waals surface area contributed by atoms with E-state index in [0.29, 0.717) is 24.0 Å². The molecule has 6 heteroatoms. The summed E-state index contributed by atoms with van der Waals surface area (Å²) in [5.41, 5.74) is 4.07. The summed E-state index contributed by atoms with van der Waals surface area (Å²) in [7, 11) is 0. The molecule has 0 spiro atoms. The van der Waals surface area contributed by atoms with Crippen LogP contribution in [0.4, 0.5) is 0 Å². The average molecular weight is 500 g/mol. The van der Waals surface area contributed by atoms with Crippen LogP contribution in [0.5, 0.6) is 17.2 Å². The Morgan fingerprint density at radius 3 is 2.57 bits per heavy atom. The van der Waals surface area contributed by atoms with Gasteiger partial charge in [0.15, 0.2) is 0 Å². The van der Waals surface area contributed by atoms with Crippen LogP contribution in [0.25, 0.3) is 11.1 Å². The van der Waals surface area contributed by atoms with Crippen molar-refractivity contribution >= 4 is 17.1 Å². The second-order valence-electron chi connectivity index (χ2n) is 10.2. The fourth-order valence-corrected chi connectivity index (χ4v) is 5.35. The van der Waals surface area contributed by atoms with Crippen molar-refractivity contribution in [1.82, 2.24) is 4.90 Å². The molecule has 1 saturated heterocycles. The lowest BCUT2D eigenvalue weighted by molar-refractivity contribution is 0.0696. The molecule has 6 nitrogen and oxygen atoms in total. The van der Waals surface area contributed by atoms with Crippen molar-refractivity contribution in [2.24, 2.45) is 5.92 Å². The van der Waals surface area contributed by atoms with Gasteiger partial charge in [-0.2, -0.15) is 0 Å². The summed E-state index contributed by atoms with van der Waals surface area (Å²) in [4.78, 5) is 14.6. The van der Waals surface area contributed by atoms with E-state index in [1.807, 2.05) is 43.3 Å². The molecule has 3 aromatic rings. The van der Waals surface area contributed by atoms with Crippen molar-refractivity contribution in [3.63, 3.8) is 0 Å². The molecule has 5 rings (SSSR count). The van der Waals surface area contributed by atoms with Crippen LogP contribution in [0.2, 0.25) is 0 Å². The number of ether oxygens (including phenoxy) is 2. The molecule has 192 valence electrons. The number of carbonyl (C=O) groups is 1. The van der Waals surface area contributed by atoms with Crippen LogP contribution < -0.4 is 9.47 Å². The van der Waals surface area contributed by atoms with E-state index in [1.54, 1.807) is 30.3 Å². The van der Waals surface area contributed by atoms with E-state index in [9.17, 15) is 15.0 Å². The van der Waals surface area contributed by atoms with Crippen LogP contribution in [0, 0.1) is 5.92 Å². The molecule has 37 heavy (non-hydrogen) atoms. The van der Waals surface area contributed by atoms with E-state index in [4.69, 9.17) is 9.47 Å². The molecule has 0 amide bonds. The number of hydrogen-bond donors (Lipinski definition) is 2. The van der Waals surface area contributed by atoms with E-state index in [-0.39, 0.29) is 11.3 Å². The lowest BCUT2D eigenvalue weighted by atomic mass is 9.84. The molecule has 0 radical (unpaired) electrons. The summed E-state index contributed by atoms with van der Waals surface area (Å²) in [5, 5.41) is 20.0. The number of nitrogens with zero attached hydrogens (tertiary/aromatic N) is 1. The monoisotopic (exact) mass is 499 g/mol. The highest BCUT2D eigenvalue weighted by molar-refractivity contribution is 6.02. The first kappa shape index (κ1) is 24.9. The third kappa shape index (κ3) is 5.07. The first-order valence-corrected chi connectivity index (χ1v) is 12.8. The average Bonchev–Trinajstić information content (AvgIpc) is 3.34. The topological polar surface area (TPSA) is 79.2 Å². The van der Waals surface area contributed by atoms with Gasteiger partial charge in [-0.05, 0) is 85.8 Å². The number of aromatic carboxylic acids is 1. The Hall–Kier alpha value is -3.77. The summed E-state index contributed by atoms with van der Waals surface area (Å²) in [6, 6.07) is 20.2. The van der Waals surface area contributed by atoms with Crippen LogP contribution in [0.1, 0.15) is 60.3 Å². The van der Waals surface area contributed by atoms with Crippen molar-refractivity contribution in [2.45, 2.75) is 39.3 Å². The maximum absolute atomic E-state index is 12.1. The van der Waals surface area contributed by atoms with Gasteiger partial charge in [0.2, 0.25) is 0 Å². The molecule has 3 aromatic carbocycles. The molecule has 1 fully saturated rings. The molecule has 2 heterocycles. The van der Waals surface area contributed by atoms with Crippen molar-refractivity contribution < 1.29 is 24.5 Å². The molecule has 2 aliphatic rings. The Morgan fingerprint density at radius 1 is 1.11 bits per heavy atom. The van der Waals surface area contributed by atoms with Gasteiger partial charge in [-0.25, -0.2) is 4.79 Å². The molecule has 3 unspecified atom stereocenters. The largest absolute Gasteiger partial charge is 0.508 e. The number of phenolic OH excluding ortho intramolecular Hbond substituents is 1. The van der Waals surface area contributed by atoms with Gasteiger partial charge in [0.1, 0.15) is 30.0 Å². The molecule has 0 bridgehead atoms. The predicted molar refractivity (Wildman–Crippen MR) is 144 cm³/mol. The van der Waals surface area contributed by atoms with Gasteiger partial charge in [0.05, 0.1) is 5.56 Å². The second kappa shape index (κ2) is 10.3. The highest BCUT2D eigenvalue weighted by atomic mass is 16.5. The van der Waals surface area contributed by atoms with Crippen LogP contribution in [-0.2, 0) is 0 Å². The SMILES string of the molecule is CC1=C(c2ccccc2C(=O)O)C(c2ccc(OCC(C)N3CCC(C)C3)cc2)Oc2ccc(O)cc21. The normalized spacial score (nSPS) is 20.3. The van der Waals surface area contributed by atoms with Crippen molar-refractivity contribution in [2.75, 3.05) is 19.7 Å². The number of rotatable bonds is 7. The minimum Gasteiger partial charge on any atom is -0.508 e. The maximum atomic E-state index is 12.1. The second-order valence-corrected chi connectivity index (χ2v) is 10.2. The highest BCUT2D eigenvalue weighted by Gasteiger charge is 2.31. The maximum Gasteiger partial charge on any atom is 0.336 e. The van der Waals surface area contributed by atoms with Gasteiger partial charge < -0.3 is 19.7 Å². The van der Waals surface area contributed by atoms with E-state index < -0.39 is 12.1 Å². The summed E-state index contributed by atoms with van der Waals surface area (Å²) >= 11 is 0. The summed E-state index contributed by atoms with van der Waals surface area (Å²) in [5.74, 6) is 1.30. The zero-order valence-corrected chi connectivity index (χ0v) is 21.5. The molecular weight excluding hydrogens is 466 g/mol. The van der Waals surface area contributed by atoms with E-state index in [0.717, 1.165) is 47.0 Å². The zero-order valence-electron chi connectivity index (χ0n) is 21.5. The van der Waals surface area contributed by atoms with Crippen molar-refractivity contribution in [3.8, 4) is 17.2 Å². The Labute approximate surface area is 217 Å². The van der Waals surface area contributed by atoms with Crippen LogP contribution in [0.15, 0.2) is 66.7 Å². The van der Waals surface area contributed by atoms with Crippen LogP contribution in [0.3, 0.4) is 0 Å². The number of aromatic hydroxyl groups is 1. The summed E-state index contributed by atoms with van der Waals surface area (Å²) in [6.45, 7) is 9.30. The quantitative estimate of drug-likeness (QED) is 0.399. The summed E-state index contributed by atoms with van der Waals surface area (Å²) < 4.78 is 12.6. The Morgan fingerprint density at radius 2 is 1.86 bits per heavy atom. The van der Waals surface area contributed by atoms with Crippen molar-refractivity contribution in [1.29, 1.82) is 0 Å². The number of likely N-dealkylation sites (tertiary alicyclic amines) is 1. The predicted octanol–water partition coefficient (Wildman–Crippen LogP) is 6.26. The third-order valence-electron chi connectivity index (χ3n) is 7.48. The fraction of sp³-hybridized carbons (Fsp3) is 0.323. The smallest absolute Gasteiger partial charge is 0.336 e. The van der Waals surface area contributed by atoms with Crippen LogP contribution >= 0.6 is 0 Å². The molecule has 0 aliphatic carbocycles. The first-order chi connectivity index (χ1) is 17.8. The minimum absolute atomic E-state index is 0.130. The van der Waals surface area contributed by atoms with Gasteiger partial charge in [-0.1, -0.05) is 37.3 Å². The fourth-order valence-electron chi connectivity index (χ4n) is 5.35. The number of hydrogen-bond acceptors (Lipinski definition) is 5.